The van der Waals surface area contributed by atoms with E-state index in [1.807, 2.05) is 74.5 Å². The highest BCUT2D eigenvalue weighted by Gasteiger charge is 2.44. The van der Waals surface area contributed by atoms with Gasteiger partial charge in [-0.05, 0) is 80.8 Å². The summed E-state index contributed by atoms with van der Waals surface area (Å²) in [5.74, 6) is 0.00846. The molecule has 3 fully saturated rings. The van der Waals surface area contributed by atoms with Crippen LogP contribution >= 0.6 is 11.3 Å². The highest BCUT2D eigenvalue weighted by Crippen LogP contribution is 2.37. The topological polar surface area (TPSA) is 291 Å². The molecular weight excluding hydrogens is 1220 g/mol. The summed E-state index contributed by atoms with van der Waals surface area (Å²) in [4.78, 5) is 80.5. The fraction of sp³-hybridized carbons (Fsp3) is 0.569. The number of piperidine rings is 1. The van der Waals surface area contributed by atoms with Gasteiger partial charge in [0.1, 0.15) is 24.2 Å². The van der Waals surface area contributed by atoms with Gasteiger partial charge in [0.2, 0.25) is 35.5 Å². The first-order valence-electron chi connectivity index (χ1n) is 31.6. The number of carbonyl (C=O) groups excluding carboxylic acids is 4. The van der Waals surface area contributed by atoms with E-state index in [4.69, 9.17) is 28.4 Å². The molecule has 0 unspecified atom stereocenters. The number of ether oxygens (including phenoxy) is 6. The summed E-state index contributed by atoms with van der Waals surface area (Å²) in [6.07, 6.45) is 2.92. The Bertz CT molecular complexity index is 3320. The first-order chi connectivity index (χ1) is 44.2. The van der Waals surface area contributed by atoms with Crippen LogP contribution in [-0.4, -0.2) is 220 Å². The van der Waals surface area contributed by atoms with E-state index in [9.17, 15) is 32.7 Å². The van der Waals surface area contributed by atoms with Crippen molar-refractivity contribution in [2.24, 2.45) is 5.41 Å². The third-order valence-electron chi connectivity index (χ3n) is 16.5. The van der Waals surface area contributed by atoms with Gasteiger partial charge >= 0.3 is 0 Å². The Morgan fingerprint density at radius 1 is 0.750 bits per heavy atom. The summed E-state index contributed by atoms with van der Waals surface area (Å²) >= 11 is 1.57. The zero-order valence-corrected chi connectivity index (χ0v) is 56.0. The minimum Gasteiger partial charge on any atom is -0.494 e. The number of nitrogens with zero attached hydrogens (tertiary/aromatic N) is 8. The number of rotatable bonds is 33. The number of aryl methyl sites for hydroxylation is 2. The number of thiazole rings is 1. The molecule has 25 nitrogen and oxygen atoms in total. The predicted octanol–water partition coefficient (Wildman–Crippen LogP) is 6.08. The van der Waals surface area contributed by atoms with Crippen molar-refractivity contribution in [3.63, 3.8) is 0 Å². The van der Waals surface area contributed by atoms with Crippen molar-refractivity contribution in [2.75, 3.05) is 135 Å². The maximum absolute atomic E-state index is 14.0. The molecule has 5 aromatic rings. The van der Waals surface area contributed by atoms with Crippen molar-refractivity contribution in [3.8, 4) is 16.2 Å². The number of aromatic nitrogens is 4. The number of hydrogen-bond acceptors (Lipinski definition) is 22. The predicted molar refractivity (Wildman–Crippen MR) is 351 cm³/mol. The number of anilines is 5. The normalized spacial score (nSPS) is 17.0. The molecule has 4 amide bonds. The minimum atomic E-state index is -3.56. The summed E-state index contributed by atoms with van der Waals surface area (Å²) in [5, 5.41) is 22.1. The Morgan fingerprint density at radius 3 is 1.93 bits per heavy atom. The van der Waals surface area contributed by atoms with Crippen LogP contribution in [0.1, 0.15) is 83.5 Å². The maximum Gasteiger partial charge on any atom is 0.246 e. The Kier molecular flexibility index (Phi) is 26.4. The van der Waals surface area contributed by atoms with Crippen LogP contribution in [0.15, 0.2) is 77.4 Å². The lowest BCUT2D eigenvalue weighted by Crippen LogP contribution is -2.57. The molecule has 27 heteroatoms. The molecule has 5 heterocycles. The highest BCUT2D eigenvalue weighted by molar-refractivity contribution is 7.92. The average molecular weight is 1310 g/mol. The molecule has 3 atom stereocenters. The summed E-state index contributed by atoms with van der Waals surface area (Å²) in [6, 6.07) is 17.2. The lowest BCUT2D eigenvalue weighted by molar-refractivity contribution is -0.144. The molecule has 2 aromatic heterocycles. The quantitative estimate of drug-likeness (QED) is 0.0298. The summed E-state index contributed by atoms with van der Waals surface area (Å²) in [7, 11) is -1.93. The van der Waals surface area contributed by atoms with E-state index in [-0.39, 0.29) is 73.7 Å². The SMILES string of the molecule is COc1cc(N2CCC(N3CCN(C(=O)CCOCCOCCOCCOCCOCCC(=O)N[C@H](C(=O)N4C[C@H](O)C[C@H]4C(=O)NCc4ccc(-c5scnc5C)cc4)C(C)(C)C)CC3)CC2)c(C)cc1Nc1ncnc(Nc2ccccc2S(=O)(=O)C(C)C)n1. The van der Waals surface area contributed by atoms with Gasteiger partial charge < -0.3 is 69.5 Å². The van der Waals surface area contributed by atoms with Crippen LogP contribution in [0.3, 0.4) is 0 Å². The Hall–Kier alpha value is -6.95. The molecule has 0 spiro atoms. The summed E-state index contributed by atoms with van der Waals surface area (Å²) < 4.78 is 60.1. The van der Waals surface area contributed by atoms with Crippen molar-refractivity contribution in [3.05, 3.63) is 89.3 Å². The molecule has 92 heavy (non-hydrogen) atoms. The number of methoxy groups -OCH3 is 1. The second kappa shape index (κ2) is 34.3. The van der Waals surface area contributed by atoms with E-state index in [0.717, 1.165) is 72.0 Å². The molecule has 5 N–H and O–H groups in total. The van der Waals surface area contributed by atoms with Gasteiger partial charge in [-0.2, -0.15) is 4.98 Å². The molecule has 3 saturated heterocycles. The zero-order chi connectivity index (χ0) is 65.8. The van der Waals surface area contributed by atoms with E-state index in [1.54, 1.807) is 56.6 Å². The molecule has 502 valence electrons. The number of aliphatic hydroxyl groups is 1. The van der Waals surface area contributed by atoms with E-state index in [1.165, 1.54) is 11.2 Å². The van der Waals surface area contributed by atoms with Crippen molar-refractivity contribution >= 4 is 73.8 Å². The van der Waals surface area contributed by atoms with Crippen LogP contribution in [0.5, 0.6) is 5.75 Å². The van der Waals surface area contributed by atoms with Crippen LogP contribution in [0, 0.1) is 19.3 Å². The van der Waals surface area contributed by atoms with Gasteiger partial charge in [-0.3, -0.25) is 24.1 Å². The van der Waals surface area contributed by atoms with Crippen LogP contribution in [0.4, 0.5) is 29.0 Å². The number of para-hydroxylation sites is 1. The van der Waals surface area contributed by atoms with E-state index in [2.05, 4.69) is 57.9 Å². The monoisotopic (exact) mass is 1310 g/mol. The number of sulfone groups is 1. The fourth-order valence-corrected chi connectivity index (χ4v) is 13.3. The van der Waals surface area contributed by atoms with Crippen LogP contribution in [0.2, 0.25) is 0 Å². The highest BCUT2D eigenvalue weighted by atomic mass is 32.2. The number of carbonyl (C=O) groups is 4. The van der Waals surface area contributed by atoms with E-state index >= 15 is 0 Å². The number of piperazine rings is 1. The largest absolute Gasteiger partial charge is 0.494 e. The lowest BCUT2D eigenvalue weighted by atomic mass is 9.85. The third-order valence-corrected chi connectivity index (χ3v) is 19.7. The van der Waals surface area contributed by atoms with Gasteiger partial charge in [-0.25, -0.2) is 23.4 Å². The third kappa shape index (κ3) is 20.0. The summed E-state index contributed by atoms with van der Waals surface area (Å²) in [5.41, 5.74) is 7.23. The summed E-state index contributed by atoms with van der Waals surface area (Å²) in [6.45, 7) is 21.2. The number of likely N-dealkylation sites (tertiary alicyclic amines) is 1. The number of amides is 4. The molecule has 3 aromatic carbocycles. The number of nitrogens with one attached hydrogen (secondary N) is 4. The first kappa shape index (κ1) is 70.9. The molecular formula is C65H92N12O13S2. The molecule has 0 saturated carbocycles. The van der Waals surface area contributed by atoms with Crippen LogP contribution in [-0.2, 0) is 59.2 Å². The maximum atomic E-state index is 14.0. The zero-order valence-electron chi connectivity index (χ0n) is 54.3. The number of β-amino-alcohol motifs (C(OH)–C–C–N with tert-alkyl or cyclic N) is 1. The molecule has 3 aliphatic rings. The van der Waals surface area contributed by atoms with E-state index in [0.29, 0.717) is 95.5 Å². The van der Waals surface area contributed by atoms with Crippen LogP contribution in [0.25, 0.3) is 10.4 Å². The second-order valence-corrected chi connectivity index (χ2v) is 27.8. The Labute approximate surface area is 544 Å². The van der Waals surface area contributed by atoms with Crippen molar-refractivity contribution in [1.82, 2.24) is 45.3 Å². The molecule has 0 bridgehead atoms. The standard InChI is InChI=1S/C65H92N12O13S2/c1-44(2)92(83,84)56-12-10-9-11-51(56)70-63-67-42-68-64(73-63)71-52-37-45(3)53(39-55(52)85-8)75-21-17-49(18-22-75)74-23-25-76(26-24-74)58(80)20-28-87-30-32-89-34-36-90-35-33-88-31-29-86-27-19-57(79)72-60(65(5,6)7)62(82)77-41-50(78)38-54(77)61(81)66-40-47-13-15-48(16-14-47)59-46(4)69-43-91-59/h9-16,37,39,42-44,49-50,54,60,78H,17-36,38,40-41H2,1-8H3,(H,66,81)(H,72,79)(H2,67,68,70,71,73)/t50-,54+,60-/m1/s1. The van der Waals surface area contributed by atoms with Gasteiger partial charge in [0.25, 0.3) is 0 Å². The van der Waals surface area contributed by atoms with Gasteiger partial charge in [-0.15, -0.1) is 11.3 Å². The number of hydrogen-bond donors (Lipinski definition) is 5. The Morgan fingerprint density at radius 2 is 1.35 bits per heavy atom. The van der Waals surface area contributed by atoms with Gasteiger partial charge in [0.05, 0.1) is 123 Å². The van der Waals surface area contributed by atoms with Gasteiger partial charge in [0, 0.05) is 83.0 Å². The number of aliphatic hydroxyl groups excluding tert-OH is 1. The smallest absolute Gasteiger partial charge is 0.246 e. The van der Waals surface area contributed by atoms with Crippen molar-refractivity contribution < 1.29 is 61.1 Å². The van der Waals surface area contributed by atoms with Crippen molar-refractivity contribution in [2.45, 2.75) is 121 Å². The molecule has 3 aliphatic heterocycles. The van der Waals surface area contributed by atoms with Gasteiger partial charge in [0.15, 0.2) is 9.84 Å². The minimum absolute atomic E-state index is 0.0125. The van der Waals surface area contributed by atoms with Crippen molar-refractivity contribution in [1.29, 1.82) is 0 Å². The molecule has 8 rings (SSSR count). The first-order valence-corrected chi connectivity index (χ1v) is 34.1. The lowest BCUT2D eigenvalue weighted by Gasteiger charge is -2.43. The van der Waals surface area contributed by atoms with Gasteiger partial charge in [-0.1, -0.05) is 57.2 Å². The number of benzene rings is 3. The second-order valence-electron chi connectivity index (χ2n) is 24.5. The average Bonchev–Trinajstić information content (AvgIpc) is 1.67. The fourth-order valence-electron chi connectivity index (χ4n) is 11.3. The molecule has 0 aliphatic carbocycles. The van der Waals surface area contributed by atoms with Crippen LogP contribution < -0.4 is 30.9 Å². The Balaban J connectivity index is 0.619. The van der Waals surface area contributed by atoms with E-state index < -0.39 is 44.6 Å². The molecule has 0 radical (unpaired) electrons.